The van der Waals surface area contributed by atoms with Crippen molar-refractivity contribution >= 4 is 45.3 Å². The Bertz CT molecular complexity index is 1140. The third kappa shape index (κ3) is 4.31. The lowest BCUT2D eigenvalue weighted by Gasteiger charge is -2.30. The lowest BCUT2D eigenvalue weighted by Crippen LogP contribution is -2.39. The van der Waals surface area contributed by atoms with Gasteiger partial charge in [-0.2, -0.15) is 13.2 Å². The lowest BCUT2D eigenvalue weighted by molar-refractivity contribution is -0.137. The van der Waals surface area contributed by atoms with Crippen LogP contribution in [0.15, 0.2) is 53.9 Å². The molecule has 31 heavy (non-hydrogen) atoms. The summed E-state index contributed by atoms with van der Waals surface area (Å²) < 4.78 is 52.2. The molecule has 2 aromatic carbocycles. The SMILES string of the molecule is N=C1c2ccsc2NCN1c1ccc(NC(=O)Nc2cc(C(F)(F)F)ccc2F)cc1. The van der Waals surface area contributed by atoms with Crippen molar-refractivity contribution < 1.29 is 22.4 Å². The Labute approximate surface area is 178 Å². The summed E-state index contributed by atoms with van der Waals surface area (Å²) in [6, 6.07) is 9.28. The second kappa shape index (κ2) is 7.91. The van der Waals surface area contributed by atoms with Gasteiger partial charge in [0.2, 0.25) is 0 Å². The normalized spacial score (nSPS) is 13.4. The molecule has 6 nitrogen and oxygen atoms in total. The van der Waals surface area contributed by atoms with Crippen LogP contribution in [0.3, 0.4) is 0 Å². The first-order valence-corrected chi connectivity index (χ1v) is 9.83. The fourth-order valence-corrected chi connectivity index (χ4v) is 3.81. The van der Waals surface area contributed by atoms with Gasteiger partial charge in [-0.05, 0) is 53.9 Å². The number of hydrogen-bond acceptors (Lipinski definition) is 4. The van der Waals surface area contributed by atoms with E-state index in [1.807, 2.05) is 11.4 Å². The van der Waals surface area contributed by atoms with E-state index in [4.69, 9.17) is 5.41 Å². The van der Waals surface area contributed by atoms with Crippen molar-refractivity contribution in [3.05, 3.63) is 70.9 Å². The van der Waals surface area contributed by atoms with Crippen LogP contribution < -0.4 is 20.9 Å². The molecule has 4 rings (SSSR count). The molecule has 0 atom stereocenters. The number of rotatable bonds is 3. The molecule has 160 valence electrons. The van der Waals surface area contributed by atoms with E-state index in [0.29, 0.717) is 42.1 Å². The summed E-state index contributed by atoms with van der Waals surface area (Å²) in [7, 11) is 0. The first-order chi connectivity index (χ1) is 14.7. The van der Waals surface area contributed by atoms with Crippen molar-refractivity contribution in [2.75, 3.05) is 27.5 Å². The number of hydrogen-bond donors (Lipinski definition) is 4. The zero-order valence-electron chi connectivity index (χ0n) is 15.7. The highest BCUT2D eigenvalue weighted by molar-refractivity contribution is 7.14. The first-order valence-electron chi connectivity index (χ1n) is 8.95. The fraction of sp³-hybridized carbons (Fsp3) is 0.100. The van der Waals surface area contributed by atoms with Crippen LogP contribution in [0.1, 0.15) is 11.1 Å². The summed E-state index contributed by atoms with van der Waals surface area (Å²) in [5, 5.41) is 18.9. The zero-order chi connectivity index (χ0) is 22.2. The van der Waals surface area contributed by atoms with Crippen molar-refractivity contribution in [1.82, 2.24) is 0 Å². The molecule has 0 bridgehead atoms. The van der Waals surface area contributed by atoms with E-state index in [1.54, 1.807) is 29.2 Å². The summed E-state index contributed by atoms with van der Waals surface area (Å²) in [5.74, 6) is -0.643. The van der Waals surface area contributed by atoms with Crippen LogP contribution in [0, 0.1) is 11.2 Å². The van der Waals surface area contributed by atoms with Crippen LogP contribution in [0.25, 0.3) is 0 Å². The Morgan fingerprint density at radius 2 is 1.84 bits per heavy atom. The van der Waals surface area contributed by atoms with Crippen molar-refractivity contribution in [1.29, 1.82) is 5.41 Å². The van der Waals surface area contributed by atoms with Gasteiger partial charge in [0.1, 0.15) is 16.7 Å². The van der Waals surface area contributed by atoms with E-state index in [2.05, 4.69) is 16.0 Å². The van der Waals surface area contributed by atoms with Crippen LogP contribution in [0.5, 0.6) is 0 Å². The number of thiophene rings is 1. The first kappa shape index (κ1) is 20.7. The fourth-order valence-electron chi connectivity index (χ4n) is 3.04. The molecule has 0 saturated carbocycles. The van der Waals surface area contributed by atoms with Gasteiger partial charge in [0.05, 0.1) is 23.5 Å². The van der Waals surface area contributed by atoms with E-state index in [1.165, 1.54) is 11.3 Å². The van der Waals surface area contributed by atoms with Crippen LogP contribution in [0.2, 0.25) is 0 Å². The predicted molar refractivity (Wildman–Crippen MR) is 113 cm³/mol. The number of nitrogens with one attached hydrogen (secondary N) is 4. The highest BCUT2D eigenvalue weighted by Crippen LogP contribution is 2.32. The smallest absolute Gasteiger partial charge is 0.359 e. The maximum absolute atomic E-state index is 13.8. The number of urea groups is 1. The second-order valence-electron chi connectivity index (χ2n) is 6.59. The molecule has 1 aliphatic rings. The average molecular weight is 449 g/mol. The van der Waals surface area contributed by atoms with Gasteiger partial charge in [-0.25, -0.2) is 9.18 Å². The number of fused-ring (bicyclic) bond motifs is 1. The zero-order valence-corrected chi connectivity index (χ0v) is 16.5. The van der Waals surface area contributed by atoms with Gasteiger partial charge in [0.15, 0.2) is 0 Å². The molecule has 0 fully saturated rings. The average Bonchev–Trinajstić information content (AvgIpc) is 3.20. The summed E-state index contributed by atoms with van der Waals surface area (Å²) in [6.45, 7) is 0.411. The van der Waals surface area contributed by atoms with Crippen LogP contribution in [-0.4, -0.2) is 18.5 Å². The maximum Gasteiger partial charge on any atom is 0.416 e. The molecule has 0 radical (unpaired) electrons. The minimum Gasteiger partial charge on any atom is -0.359 e. The second-order valence-corrected chi connectivity index (χ2v) is 7.51. The van der Waals surface area contributed by atoms with E-state index in [-0.39, 0.29) is 0 Å². The third-order valence-electron chi connectivity index (χ3n) is 4.57. The Morgan fingerprint density at radius 1 is 1.10 bits per heavy atom. The highest BCUT2D eigenvalue weighted by atomic mass is 32.1. The van der Waals surface area contributed by atoms with Gasteiger partial charge in [-0.1, -0.05) is 0 Å². The number of nitrogens with zero attached hydrogens (tertiary/aromatic N) is 1. The number of amidine groups is 1. The van der Waals surface area contributed by atoms with Gasteiger partial charge < -0.3 is 20.9 Å². The number of carbonyl (C=O) groups is 1. The molecule has 0 unspecified atom stereocenters. The number of benzene rings is 2. The molecular formula is C20H15F4N5OS. The molecule has 2 heterocycles. The molecule has 4 N–H and O–H groups in total. The highest BCUT2D eigenvalue weighted by Gasteiger charge is 2.31. The van der Waals surface area contributed by atoms with Gasteiger partial charge in [-0.15, -0.1) is 11.3 Å². The van der Waals surface area contributed by atoms with Crippen molar-refractivity contribution in [2.24, 2.45) is 0 Å². The van der Waals surface area contributed by atoms with Crippen LogP contribution in [-0.2, 0) is 6.18 Å². The maximum atomic E-state index is 13.8. The molecule has 11 heteroatoms. The third-order valence-corrected chi connectivity index (χ3v) is 5.44. The molecule has 3 aromatic rings. The molecule has 0 aliphatic carbocycles. The summed E-state index contributed by atoms with van der Waals surface area (Å²) in [4.78, 5) is 13.9. The van der Waals surface area contributed by atoms with Crippen LogP contribution in [0.4, 0.5) is 44.4 Å². The van der Waals surface area contributed by atoms with Crippen molar-refractivity contribution in [3.8, 4) is 0 Å². The lowest BCUT2D eigenvalue weighted by atomic mass is 10.2. The number of anilines is 4. The van der Waals surface area contributed by atoms with Crippen LogP contribution >= 0.6 is 11.3 Å². The number of alkyl halides is 3. The Kier molecular flexibility index (Phi) is 5.27. The van der Waals surface area contributed by atoms with Crippen molar-refractivity contribution in [2.45, 2.75) is 6.18 Å². The van der Waals surface area contributed by atoms with Gasteiger partial charge >= 0.3 is 12.2 Å². The minimum absolute atomic E-state index is 0.341. The Hall–Kier alpha value is -3.60. The molecule has 2 amide bonds. The standard InChI is InChI=1S/C20H15F4N5OS/c21-15-6-1-11(20(22,23)24)9-16(15)28-19(30)27-12-2-4-13(5-3-12)29-10-26-18-14(17(29)25)7-8-31-18/h1-9,25-26H,10H2,(H2,27,28,30). The number of carbonyl (C=O) groups excluding carboxylic acids is 1. The Balaban J connectivity index is 1.43. The van der Waals surface area contributed by atoms with Gasteiger partial charge in [0.25, 0.3) is 0 Å². The summed E-state index contributed by atoms with van der Waals surface area (Å²) in [6.07, 6.45) is -4.66. The minimum atomic E-state index is -4.66. The predicted octanol–water partition coefficient (Wildman–Crippen LogP) is 5.76. The summed E-state index contributed by atoms with van der Waals surface area (Å²) in [5.41, 5.74) is 0.204. The molecule has 1 aliphatic heterocycles. The molecule has 0 saturated heterocycles. The van der Waals surface area contributed by atoms with E-state index < -0.39 is 29.3 Å². The molecule has 1 aromatic heterocycles. The summed E-state index contributed by atoms with van der Waals surface area (Å²) >= 11 is 1.52. The Morgan fingerprint density at radius 3 is 2.55 bits per heavy atom. The van der Waals surface area contributed by atoms with Crippen molar-refractivity contribution in [3.63, 3.8) is 0 Å². The molecule has 0 spiro atoms. The molecular weight excluding hydrogens is 434 g/mol. The number of amides is 2. The van der Waals surface area contributed by atoms with Gasteiger partial charge in [-0.3, -0.25) is 5.41 Å². The number of halogens is 4. The monoisotopic (exact) mass is 449 g/mol. The van der Waals surface area contributed by atoms with E-state index >= 15 is 0 Å². The topological polar surface area (TPSA) is 80.2 Å². The van der Waals surface area contributed by atoms with E-state index in [9.17, 15) is 22.4 Å². The van der Waals surface area contributed by atoms with Gasteiger partial charge in [0, 0.05) is 11.4 Å². The quantitative estimate of drug-likeness (QED) is 0.384. The van der Waals surface area contributed by atoms with E-state index in [0.717, 1.165) is 10.6 Å². The largest absolute Gasteiger partial charge is 0.416 e.